The molecule has 2 heteroatoms. The maximum Gasteiger partial charge on any atom is 0.00670 e. The standard InChI is InChI=1S/C16H32N2/c1-3-9-15(10-4-1)17-13-7-2-8-14-18-16-11-5-6-12-16/h15-18H,1-14H2. The van der Waals surface area contributed by atoms with Crippen LogP contribution in [-0.4, -0.2) is 25.2 Å². The zero-order valence-corrected chi connectivity index (χ0v) is 12.1. The fraction of sp³-hybridized carbons (Fsp3) is 1.00. The van der Waals surface area contributed by atoms with E-state index in [0.717, 1.165) is 12.1 Å². The first kappa shape index (κ1) is 14.3. The van der Waals surface area contributed by atoms with Gasteiger partial charge in [-0.15, -0.1) is 0 Å². The molecule has 0 bridgehead atoms. The van der Waals surface area contributed by atoms with Gasteiger partial charge in [0.15, 0.2) is 0 Å². The lowest BCUT2D eigenvalue weighted by Gasteiger charge is -2.22. The third kappa shape index (κ3) is 5.71. The maximum atomic E-state index is 3.73. The van der Waals surface area contributed by atoms with E-state index in [2.05, 4.69) is 10.6 Å². The highest BCUT2D eigenvalue weighted by molar-refractivity contribution is 4.73. The molecule has 0 aliphatic heterocycles. The van der Waals surface area contributed by atoms with Crippen molar-refractivity contribution in [1.29, 1.82) is 0 Å². The monoisotopic (exact) mass is 252 g/mol. The lowest BCUT2D eigenvalue weighted by molar-refractivity contribution is 0.369. The smallest absolute Gasteiger partial charge is 0.00670 e. The van der Waals surface area contributed by atoms with E-state index < -0.39 is 0 Å². The van der Waals surface area contributed by atoms with Gasteiger partial charge < -0.3 is 10.6 Å². The third-order valence-electron chi connectivity index (χ3n) is 4.68. The Hall–Kier alpha value is -0.0800. The Bertz CT molecular complexity index is 193. The van der Waals surface area contributed by atoms with E-state index >= 15 is 0 Å². The molecule has 2 saturated carbocycles. The molecule has 2 fully saturated rings. The van der Waals surface area contributed by atoms with Crippen molar-refractivity contribution < 1.29 is 0 Å². The molecule has 0 spiro atoms. The van der Waals surface area contributed by atoms with Gasteiger partial charge in [0.1, 0.15) is 0 Å². The minimum Gasteiger partial charge on any atom is -0.314 e. The van der Waals surface area contributed by atoms with Gasteiger partial charge in [0, 0.05) is 12.1 Å². The van der Waals surface area contributed by atoms with E-state index in [4.69, 9.17) is 0 Å². The summed E-state index contributed by atoms with van der Waals surface area (Å²) in [5.74, 6) is 0. The molecule has 0 unspecified atom stereocenters. The Morgan fingerprint density at radius 3 is 1.50 bits per heavy atom. The molecule has 2 aliphatic carbocycles. The van der Waals surface area contributed by atoms with Crippen molar-refractivity contribution in [3.63, 3.8) is 0 Å². The highest BCUT2D eigenvalue weighted by Crippen LogP contribution is 2.18. The Labute approximate surface area is 113 Å². The molecular weight excluding hydrogens is 220 g/mol. The Balaban J connectivity index is 1.35. The van der Waals surface area contributed by atoms with Crippen LogP contribution >= 0.6 is 0 Å². The average molecular weight is 252 g/mol. The largest absolute Gasteiger partial charge is 0.314 e. The Morgan fingerprint density at radius 1 is 0.556 bits per heavy atom. The number of unbranched alkanes of at least 4 members (excludes halogenated alkanes) is 2. The second-order valence-electron chi connectivity index (χ2n) is 6.29. The summed E-state index contributed by atoms with van der Waals surface area (Å²) >= 11 is 0. The highest BCUT2D eigenvalue weighted by atomic mass is 14.9. The van der Waals surface area contributed by atoms with Crippen LogP contribution in [0.3, 0.4) is 0 Å². The summed E-state index contributed by atoms with van der Waals surface area (Å²) in [6.45, 7) is 2.49. The van der Waals surface area contributed by atoms with Gasteiger partial charge in [0.05, 0.1) is 0 Å². The molecule has 2 N–H and O–H groups in total. The minimum atomic E-state index is 0.843. The zero-order valence-electron chi connectivity index (χ0n) is 12.1. The lowest BCUT2D eigenvalue weighted by atomic mass is 9.95. The van der Waals surface area contributed by atoms with Crippen molar-refractivity contribution in [2.24, 2.45) is 0 Å². The summed E-state index contributed by atoms with van der Waals surface area (Å²) < 4.78 is 0. The second kappa shape index (κ2) is 8.92. The summed E-state index contributed by atoms with van der Waals surface area (Å²) in [6.07, 6.45) is 17.0. The molecule has 2 rings (SSSR count). The van der Waals surface area contributed by atoms with Crippen LogP contribution in [0.4, 0.5) is 0 Å². The zero-order chi connectivity index (χ0) is 12.5. The van der Waals surface area contributed by atoms with Gasteiger partial charge in [0.2, 0.25) is 0 Å². The van der Waals surface area contributed by atoms with E-state index in [1.165, 1.54) is 90.1 Å². The molecule has 0 saturated heterocycles. The number of rotatable bonds is 8. The summed E-state index contributed by atoms with van der Waals surface area (Å²) in [5, 5.41) is 7.43. The van der Waals surface area contributed by atoms with Crippen molar-refractivity contribution in [3.05, 3.63) is 0 Å². The molecule has 0 atom stereocenters. The molecular formula is C16H32N2. The van der Waals surface area contributed by atoms with Crippen LogP contribution in [-0.2, 0) is 0 Å². The Kier molecular flexibility index (Phi) is 7.11. The predicted molar refractivity (Wildman–Crippen MR) is 79.0 cm³/mol. The molecule has 0 aromatic carbocycles. The van der Waals surface area contributed by atoms with E-state index in [-0.39, 0.29) is 0 Å². The van der Waals surface area contributed by atoms with Crippen LogP contribution in [0, 0.1) is 0 Å². The quantitative estimate of drug-likeness (QED) is 0.645. The SMILES string of the molecule is C(CCNC1CCCCC1)CCNC1CCCC1. The minimum absolute atomic E-state index is 0.843. The number of hydrogen-bond donors (Lipinski definition) is 2. The molecule has 0 aromatic rings. The topological polar surface area (TPSA) is 24.1 Å². The number of hydrogen-bond acceptors (Lipinski definition) is 2. The van der Waals surface area contributed by atoms with Crippen molar-refractivity contribution in [1.82, 2.24) is 10.6 Å². The van der Waals surface area contributed by atoms with Crippen LogP contribution in [0.15, 0.2) is 0 Å². The van der Waals surface area contributed by atoms with Gasteiger partial charge in [-0.25, -0.2) is 0 Å². The predicted octanol–water partition coefficient (Wildman–Crippen LogP) is 3.61. The first-order chi connectivity index (χ1) is 8.95. The van der Waals surface area contributed by atoms with Gasteiger partial charge in [-0.3, -0.25) is 0 Å². The van der Waals surface area contributed by atoms with Crippen LogP contribution in [0.1, 0.15) is 77.0 Å². The first-order valence-corrected chi connectivity index (χ1v) is 8.42. The summed E-state index contributed by atoms with van der Waals surface area (Å²) in [4.78, 5) is 0. The third-order valence-corrected chi connectivity index (χ3v) is 4.68. The molecule has 0 radical (unpaired) electrons. The van der Waals surface area contributed by atoms with E-state index in [1.807, 2.05) is 0 Å². The summed E-state index contributed by atoms with van der Waals surface area (Å²) in [7, 11) is 0. The molecule has 2 nitrogen and oxygen atoms in total. The van der Waals surface area contributed by atoms with Gasteiger partial charge in [-0.05, 0) is 51.6 Å². The fourth-order valence-electron chi connectivity index (χ4n) is 3.48. The fourth-order valence-corrected chi connectivity index (χ4v) is 3.48. The Morgan fingerprint density at radius 2 is 1.00 bits per heavy atom. The second-order valence-corrected chi connectivity index (χ2v) is 6.29. The van der Waals surface area contributed by atoms with Crippen LogP contribution in [0.5, 0.6) is 0 Å². The van der Waals surface area contributed by atoms with Crippen molar-refractivity contribution in [2.45, 2.75) is 89.1 Å². The first-order valence-electron chi connectivity index (χ1n) is 8.42. The molecule has 0 heterocycles. The molecule has 18 heavy (non-hydrogen) atoms. The highest BCUT2D eigenvalue weighted by Gasteiger charge is 2.13. The van der Waals surface area contributed by atoms with Crippen LogP contribution in [0.2, 0.25) is 0 Å². The van der Waals surface area contributed by atoms with Crippen molar-refractivity contribution in [3.8, 4) is 0 Å². The van der Waals surface area contributed by atoms with Crippen LogP contribution in [0.25, 0.3) is 0 Å². The van der Waals surface area contributed by atoms with E-state index in [0.29, 0.717) is 0 Å². The molecule has 0 aromatic heterocycles. The molecule has 106 valence electrons. The summed E-state index contributed by atoms with van der Waals surface area (Å²) in [6, 6.07) is 1.70. The maximum absolute atomic E-state index is 3.73. The normalized spacial score (nSPS) is 22.7. The van der Waals surface area contributed by atoms with Gasteiger partial charge in [0.25, 0.3) is 0 Å². The molecule has 0 amide bonds. The van der Waals surface area contributed by atoms with Gasteiger partial charge >= 0.3 is 0 Å². The molecule has 2 aliphatic rings. The van der Waals surface area contributed by atoms with Crippen molar-refractivity contribution in [2.75, 3.05) is 13.1 Å². The van der Waals surface area contributed by atoms with E-state index in [1.54, 1.807) is 0 Å². The summed E-state index contributed by atoms with van der Waals surface area (Å²) in [5.41, 5.74) is 0. The van der Waals surface area contributed by atoms with Crippen LogP contribution < -0.4 is 10.6 Å². The van der Waals surface area contributed by atoms with Gasteiger partial charge in [-0.2, -0.15) is 0 Å². The average Bonchev–Trinajstić information content (AvgIpc) is 2.92. The van der Waals surface area contributed by atoms with Crippen molar-refractivity contribution >= 4 is 0 Å². The van der Waals surface area contributed by atoms with Gasteiger partial charge in [-0.1, -0.05) is 38.5 Å². The number of nitrogens with one attached hydrogen (secondary N) is 2. The lowest BCUT2D eigenvalue weighted by Crippen LogP contribution is -2.31. The van der Waals surface area contributed by atoms with E-state index in [9.17, 15) is 0 Å².